The van der Waals surface area contributed by atoms with Crippen molar-refractivity contribution in [3.63, 3.8) is 0 Å². The molecule has 3 rings (SSSR count). The van der Waals surface area contributed by atoms with E-state index in [2.05, 4.69) is 37.3 Å². The first-order valence-electron chi connectivity index (χ1n) is 5.88. The van der Waals surface area contributed by atoms with Crippen LogP contribution in [-0.4, -0.2) is 0 Å². The minimum absolute atomic E-state index is 0.398. The van der Waals surface area contributed by atoms with Gasteiger partial charge in [0, 0.05) is 17.0 Å². The first kappa shape index (κ1) is 10.2. The zero-order valence-electron chi connectivity index (χ0n) is 9.76. The summed E-state index contributed by atoms with van der Waals surface area (Å²) in [5.41, 5.74) is 2.39. The predicted molar refractivity (Wildman–Crippen MR) is 69.9 cm³/mol. The van der Waals surface area contributed by atoms with Crippen molar-refractivity contribution in [2.24, 2.45) is 0 Å². The summed E-state index contributed by atoms with van der Waals surface area (Å²) in [6.45, 7) is 2.20. The molecule has 2 aromatic carbocycles. The minimum atomic E-state index is 0.398. The van der Waals surface area contributed by atoms with Crippen LogP contribution in [0.25, 0.3) is 5.76 Å². The number of hydrogen-bond acceptors (Lipinski definition) is 1. The molecule has 1 aliphatic rings. The second-order valence-corrected chi connectivity index (χ2v) is 4.33. The molecule has 0 spiro atoms. The maximum atomic E-state index is 5.95. The highest BCUT2D eigenvalue weighted by molar-refractivity contribution is 5.66. The molecule has 0 bridgehead atoms. The molecular weight excluding hydrogens is 208 g/mol. The van der Waals surface area contributed by atoms with Gasteiger partial charge in [-0.3, -0.25) is 0 Å². The Kier molecular flexibility index (Phi) is 2.45. The second-order valence-electron chi connectivity index (χ2n) is 4.33. The summed E-state index contributed by atoms with van der Waals surface area (Å²) < 4.78 is 5.95. The van der Waals surface area contributed by atoms with Gasteiger partial charge in [0.05, 0.1) is 0 Å². The van der Waals surface area contributed by atoms with E-state index in [0.29, 0.717) is 5.92 Å². The summed E-state index contributed by atoms with van der Waals surface area (Å²) in [6, 6.07) is 18.5. The lowest BCUT2D eigenvalue weighted by Crippen LogP contribution is -2.06. The summed E-state index contributed by atoms with van der Waals surface area (Å²) in [5, 5.41) is 0. The molecule has 0 amide bonds. The largest absolute Gasteiger partial charge is 0.457 e. The Bertz CT molecular complexity index is 555. The summed E-state index contributed by atoms with van der Waals surface area (Å²) in [5.74, 6) is 2.33. The molecule has 0 aromatic heterocycles. The van der Waals surface area contributed by atoms with Gasteiger partial charge in [-0.1, -0.05) is 55.5 Å². The molecule has 1 heteroatoms. The zero-order valence-corrected chi connectivity index (χ0v) is 9.76. The lowest BCUT2D eigenvalue weighted by Gasteiger charge is -2.22. The molecule has 17 heavy (non-hydrogen) atoms. The Morgan fingerprint density at radius 2 is 1.59 bits per heavy atom. The maximum Gasteiger partial charge on any atom is 0.131 e. The van der Waals surface area contributed by atoms with Crippen LogP contribution < -0.4 is 4.74 Å². The average Bonchev–Trinajstić information content (AvgIpc) is 2.40. The van der Waals surface area contributed by atoms with Crippen molar-refractivity contribution >= 4 is 5.76 Å². The molecule has 1 atom stereocenters. The Morgan fingerprint density at radius 1 is 0.882 bits per heavy atom. The van der Waals surface area contributed by atoms with Crippen LogP contribution in [0.5, 0.6) is 5.75 Å². The summed E-state index contributed by atoms with van der Waals surface area (Å²) in [7, 11) is 0. The normalized spacial score (nSPS) is 17.9. The van der Waals surface area contributed by atoms with Gasteiger partial charge in [-0.25, -0.2) is 0 Å². The van der Waals surface area contributed by atoms with Crippen LogP contribution in [0.15, 0.2) is 60.7 Å². The lowest BCUT2D eigenvalue weighted by molar-refractivity contribution is 0.490. The SMILES string of the molecule is CC1C=C(c2ccccc2)Oc2ccccc21. The number of rotatable bonds is 1. The fourth-order valence-corrected chi connectivity index (χ4v) is 2.18. The molecular formula is C16H14O. The number of benzene rings is 2. The molecule has 0 aliphatic carbocycles. The third-order valence-corrected chi connectivity index (χ3v) is 3.09. The van der Waals surface area contributed by atoms with Gasteiger partial charge in [0.25, 0.3) is 0 Å². The average molecular weight is 222 g/mol. The molecule has 0 fully saturated rings. The standard InChI is InChI=1S/C16H14O/c1-12-11-16(13-7-3-2-4-8-13)17-15-10-6-5-9-14(12)15/h2-12H,1H3. The van der Waals surface area contributed by atoms with Gasteiger partial charge >= 0.3 is 0 Å². The number of allylic oxidation sites excluding steroid dienone is 1. The van der Waals surface area contributed by atoms with E-state index in [-0.39, 0.29) is 0 Å². The third-order valence-electron chi connectivity index (χ3n) is 3.09. The van der Waals surface area contributed by atoms with E-state index < -0.39 is 0 Å². The quantitative estimate of drug-likeness (QED) is 0.701. The fraction of sp³-hybridized carbons (Fsp3) is 0.125. The van der Waals surface area contributed by atoms with E-state index in [1.54, 1.807) is 0 Å². The van der Waals surface area contributed by atoms with Gasteiger partial charge in [-0.05, 0) is 12.1 Å². The molecule has 2 aromatic rings. The monoisotopic (exact) mass is 222 g/mol. The first-order valence-corrected chi connectivity index (χ1v) is 5.88. The van der Waals surface area contributed by atoms with Crippen molar-refractivity contribution in [3.05, 3.63) is 71.8 Å². The molecule has 84 valence electrons. The third kappa shape index (κ3) is 1.84. The van der Waals surface area contributed by atoms with Gasteiger partial charge in [-0.2, -0.15) is 0 Å². The first-order chi connectivity index (χ1) is 8.34. The van der Waals surface area contributed by atoms with E-state index in [0.717, 1.165) is 17.1 Å². The van der Waals surface area contributed by atoms with Crippen molar-refractivity contribution in [1.82, 2.24) is 0 Å². The maximum absolute atomic E-state index is 5.95. The van der Waals surface area contributed by atoms with Gasteiger partial charge in [0.15, 0.2) is 0 Å². The van der Waals surface area contributed by atoms with Crippen LogP contribution >= 0.6 is 0 Å². The molecule has 1 nitrogen and oxygen atoms in total. The molecule has 1 heterocycles. The summed E-state index contributed by atoms with van der Waals surface area (Å²) in [4.78, 5) is 0. The summed E-state index contributed by atoms with van der Waals surface area (Å²) in [6.07, 6.45) is 2.18. The van der Waals surface area contributed by atoms with Gasteiger partial charge < -0.3 is 4.74 Å². The van der Waals surface area contributed by atoms with Crippen molar-refractivity contribution < 1.29 is 4.74 Å². The minimum Gasteiger partial charge on any atom is -0.457 e. The highest BCUT2D eigenvalue weighted by Crippen LogP contribution is 2.36. The summed E-state index contributed by atoms with van der Waals surface area (Å²) >= 11 is 0. The van der Waals surface area contributed by atoms with E-state index in [1.807, 2.05) is 30.3 Å². The molecule has 0 radical (unpaired) electrons. The fourth-order valence-electron chi connectivity index (χ4n) is 2.18. The van der Waals surface area contributed by atoms with Crippen molar-refractivity contribution in [2.45, 2.75) is 12.8 Å². The second kappa shape index (κ2) is 4.10. The van der Waals surface area contributed by atoms with Crippen molar-refractivity contribution in [1.29, 1.82) is 0 Å². The van der Waals surface area contributed by atoms with Crippen LogP contribution in [-0.2, 0) is 0 Å². The van der Waals surface area contributed by atoms with E-state index in [4.69, 9.17) is 4.74 Å². The Hall–Kier alpha value is -2.02. The Morgan fingerprint density at radius 3 is 2.41 bits per heavy atom. The highest BCUT2D eigenvalue weighted by Gasteiger charge is 2.18. The van der Waals surface area contributed by atoms with Gasteiger partial charge in [-0.15, -0.1) is 0 Å². The number of hydrogen-bond donors (Lipinski definition) is 0. The van der Waals surface area contributed by atoms with Crippen LogP contribution in [0.3, 0.4) is 0 Å². The molecule has 0 saturated heterocycles. The highest BCUT2D eigenvalue weighted by atomic mass is 16.5. The van der Waals surface area contributed by atoms with Crippen LogP contribution in [0, 0.1) is 0 Å². The number of para-hydroxylation sites is 1. The van der Waals surface area contributed by atoms with E-state index >= 15 is 0 Å². The molecule has 0 saturated carbocycles. The van der Waals surface area contributed by atoms with E-state index in [9.17, 15) is 0 Å². The van der Waals surface area contributed by atoms with Crippen LogP contribution in [0.4, 0.5) is 0 Å². The Balaban J connectivity index is 2.02. The van der Waals surface area contributed by atoms with E-state index in [1.165, 1.54) is 5.56 Å². The lowest BCUT2D eigenvalue weighted by atomic mass is 9.96. The Labute approximate surface area is 101 Å². The van der Waals surface area contributed by atoms with Crippen molar-refractivity contribution in [3.8, 4) is 5.75 Å². The number of ether oxygens (including phenoxy) is 1. The smallest absolute Gasteiger partial charge is 0.131 e. The molecule has 1 unspecified atom stereocenters. The van der Waals surface area contributed by atoms with Gasteiger partial charge in [0.1, 0.15) is 11.5 Å². The van der Waals surface area contributed by atoms with Crippen LogP contribution in [0.1, 0.15) is 24.0 Å². The topological polar surface area (TPSA) is 9.23 Å². The predicted octanol–water partition coefficient (Wildman–Crippen LogP) is 4.22. The van der Waals surface area contributed by atoms with Crippen molar-refractivity contribution in [2.75, 3.05) is 0 Å². The zero-order chi connectivity index (χ0) is 11.7. The number of fused-ring (bicyclic) bond motifs is 1. The molecule has 0 N–H and O–H groups in total. The van der Waals surface area contributed by atoms with Crippen LogP contribution in [0.2, 0.25) is 0 Å². The molecule has 1 aliphatic heterocycles. The van der Waals surface area contributed by atoms with Gasteiger partial charge in [0.2, 0.25) is 0 Å².